The lowest BCUT2D eigenvalue weighted by Crippen LogP contribution is -2.06. The third-order valence-corrected chi connectivity index (χ3v) is 8.09. The number of nitrogens with zero attached hydrogens (tertiary/aromatic N) is 1. The molecule has 0 saturated heterocycles. The average molecular weight is 550 g/mol. The quantitative estimate of drug-likeness (QED) is 0.253. The van der Waals surface area contributed by atoms with Crippen molar-refractivity contribution in [3.05, 3.63) is 80.3 Å². The second-order valence-corrected chi connectivity index (χ2v) is 11.7. The lowest BCUT2D eigenvalue weighted by Gasteiger charge is -2.22. The molecule has 1 unspecified atom stereocenters. The van der Waals surface area contributed by atoms with E-state index in [0.29, 0.717) is 12.3 Å². The number of aliphatic hydroxyl groups excluding tert-OH is 1. The highest BCUT2D eigenvalue weighted by Crippen LogP contribution is 2.33. The minimum absolute atomic E-state index is 0.101. The van der Waals surface area contributed by atoms with Crippen molar-refractivity contribution in [2.75, 3.05) is 6.61 Å². The van der Waals surface area contributed by atoms with Crippen LogP contribution in [0.3, 0.4) is 0 Å². The van der Waals surface area contributed by atoms with Gasteiger partial charge in [-0.15, -0.1) is 11.3 Å². The van der Waals surface area contributed by atoms with Crippen molar-refractivity contribution in [3.8, 4) is 0 Å². The summed E-state index contributed by atoms with van der Waals surface area (Å²) in [5, 5.41) is 10.8. The van der Waals surface area contributed by atoms with Gasteiger partial charge in [0.15, 0.2) is 0 Å². The molecule has 39 heavy (non-hydrogen) atoms. The van der Waals surface area contributed by atoms with Crippen molar-refractivity contribution in [1.82, 2.24) is 4.98 Å². The van der Waals surface area contributed by atoms with Crippen LogP contribution in [-0.2, 0) is 4.79 Å². The van der Waals surface area contributed by atoms with Crippen LogP contribution in [0.4, 0.5) is 0 Å². The van der Waals surface area contributed by atoms with Crippen LogP contribution in [0.2, 0.25) is 0 Å². The van der Waals surface area contributed by atoms with E-state index in [4.69, 9.17) is 0 Å². The fourth-order valence-electron chi connectivity index (χ4n) is 4.41. The zero-order valence-corrected chi connectivity index (χ0v) is 26.7. The summed E-state index contributed by atoms with van der Waals surface area (Å²) in [6.07, 6.45) is 13.2. The van der Waals surface area contributed by atoms with Crippen LogP contribution in [0.1, 0.15) is 112 Å². The van der Waals surface area contributed by atoms with Gasteiger partial charge >= 0.3 is 0 Å². The van der Waals surface area contributed by atoms with Gasteiger partial charge < -0.3 is 9.90 Å². The number of Topliss-reactive ketones (excluding diaryl/α,β-unsaturated/α-hetero) is 1. The number of hydrogen-bond donors (Lipinski definition) is 1. The Kier molecular flexibility index (Phi) is 15.8. The maximum absolute atomic E-state index is 9.81. The van der Waals surface area contributed by atoms with Gasteiger partial charge in [-0.2, -0.15) is 0 Å². The predicted molar refractivity (Wildman–Crippen MR) is 173 cm³/mol. The highest BCUT2D eigenvalue weighted by atomic mass is 32.1. The van der Waals surface area contributed by atoms with Gasteiger partial charge in [0.05, 0.1) is 22.2 Å². The number of ketones is 1. The molecular formula is C35H51NO2S. The molecule has 0 aliphatic rings. The molecule has 2 rings (SSSR count). The molecule has 1 aromatic heterocycles. The van der Waals surface area contributed by atoms with Crippen LogP contribution in [0.25, 0.3) is 17.2 Å². The molecule has 0 radical (unpaired) electrons. The number of aliphatic hydroxyl groups is 1. The van der Waals surface area contributed by atoms with Gasteiger partial charge in [-0.1, -0.05) is 77.0 Å². The van der Waals surface area contributed by atoms with E-state index in [1.54, 1.807) is 18.3 Å². The van der Waals surface area contributed by atoms with Gasteiger partial charge in [0.2, 0.25) is 0 Å². The molecule has 0 aliphatic heterocycles. The number of benzene rings is 1. The molecule has 2 aromatic rings. The van der Waals surface area contributed by atoms with Gasteiger partial charge in [0.1, 0.15) is 5.78 Å². The van der Waals surface area contributed by atoms with E-state index in [1.807, 2.05) is 27.7 Å². The first-order valence-corrected chi connectivity index (χ1v) is 15.2. The Morgan fingerprint density at radius 2 is 1.74 bits per heavy atom. The van der Waals surface area contributed by atoms with Crippen LogP contribution < -0.4 is 0 Å². The van der Waals surface area contributed by atoms with Crippen LogP contribution in [0.5, 0.6) is 0 Å². The van der Waals surface area contributed by atoms with Gasteiger partial charge in [-0.3, -0.25) is 0 Å². The maximum atomic E-state index is 9.81. The van der Waals surface area contributed by atoms with Crippen LogP contribution in [-0.4, -0.2) is 22.5 Å². The van der Waals surface area contributed by atoms with Crippen molar-refractivity contribution in [2.24, 2.45) is 5.92 Å². The zero-order chi connectivity index (χ0) is 29.5. The van der Waals surface area contributed by atoms with Gasteiger partial charge in [0.25, 0.3) is 0 Å². The van der Waals surface area contributed by atoms with Crippen molar-refractivity contribution in [2.45, 2.75) is 101 Å². The topological polar surface area (TPSA) is 50.2 Å². The number of rotatable bonds is 13. The first-order chi connectivity index (χ1) is 18.5. The Bertz CT molecular complexity index is 1180. The Balaban J connectivity index is 0.00000139. The highest BCUT2D eigenvalue weighted by molar-refractivity contribution is 7.12. The minimum Gasteiger partial charge on any atom is -0.392 e. The molecule has 3 nitrogen and oxygen atoms in total. The van der Waals surface area contributed by atoms with Gasteiger partial charge in [-0.05, 0) is 105 Å². The van der Waals surface area contributed by atoms with Gasteiger partial charge in [0, 0.05) is 6.42 Å². The number of carbonyl (C=O) groups is 1. The summed E-state index contributed by atoms with van der Waals surface area (Å²) < 4.78 is 0. The molecule has 1 atom stereocenters. The number of thiazole rings is 1. The lowest BCUT2D eigenvalue weighted by molar-refractivity contribution is -0.116. The molecule has 0 amide bonds. The molecule has 1 N–H and O–H groups in total. The van der Waals surface area contributed by atoms with Crippen LogP contribution in [0.15, 0.2) is 48.1 Å². The van der Waals surface area contributed by atoms with Crippen LogP contribution in [0, 0.1) is 26.7 Å². The smallest absolute Gasteiger partial charge is 0.129 e. The van der Waals surface area contributed by atoms with Crippen molar-refractivity contribution in [1.29, 1.82) is 0 Å². The summed E-state index contributed by atoms with van der Waals surface area (Å²) in [4.78, 5) is 15.5. The minimum atomic E-state index is 0.101. The fraction of sp³-hybridized carbons (Fsp3) is 0.486. The van der Waals surface area contributed by atoms with Crippen molar-refractivity contribution < 1.29 is 9.90 Å². The molecular weight excluding hydrogens is 498 g/mol. The molecule has 0 aliphatic carbocycles. The molecule has 1 heterocycles. The standard InChI is InChI=1S/C31H43NOS.C4H8O/c1-9-11-13-27(12-10-2)30(18-21(3)20-33)24(6)29-17-14-22(4)28(19-29)16-15-23(5)31-25(7)32-26(8)34-31;1-3-4(2)5/h14-19,27,33H,5,9-13,20H2,1-4,6-8H3;3H2,1-2H3/b16-15-,21-18+,30-24-;. The van der Waals surface area contributed by atoms with E-state index in [2.05, 4.69) is 75.7 Å². The molecule has 1 aromatic carbocycles. The van der Waals surface area contributed by atoms with Gasteiger partial charge in [-0.25, -0.2) is 4.98 Å². The number of aryl methyl sites for hydroxylation is 3. The summed E-state index contributed by atoms with van der Waals surface area (Å²) in [7, 11) is 0. The number of carbonyl (C=O) groups excluding carboxylic acids is 1. The first kappa shape index (κ1) is 34.5. The predicted octanol–water partition coefficient (Wildman–Crippen LogP) is 10.1. The number of unbranched alkanes of at least 4 members (excludes halogenated alkanes) is 1. The second-order valence-electron chi connectivity index (χ2n) is 10.5. The van der Waals surface area contributed by atoms with E-state index in [1.165, 1.54) is 53.5 Å². The Morgan fingerprint density at radius 3 is 2.26 bits per heavy atom. The van der Waals surface area contributed by atoms with E-state index in [9.17, 15) is 9.90 Å². The Labute approximate surface area is 242 Å². The summed E-state index contributed by atoms with van der Waals surface area (Å²) in [6.45, 7) is 22.9. The maximum Gasteiger partial charge on any atom is 0.129 e. The van der Waals surface area contributed by atoms with E-state index >= 15 is 0 Å². The fourth-order valence-corrected chi connectivity index (χ4v) is 5.28. The van der Waals surface area contributed by atoms with E-state index < -0.39 is 0 Å². The number of allylic oxidation sites excluding steroid dienone is 5. The molecule has 4 heteroatoms. The molecule has 0 bridgehead atoms. The summed E-state index contributed by atoms with van der Waals surface area (Å²) in [6, 6.07) is 6.74. The first-order valence-electron chi connectivity index (χ1n) is 14.4. The molecule has 0 fully saturated rings. The molecule has 0 spiro atoms. The van der Waals surface area contributed by atoms with Crippen molar-refractivity contribution >= 4 is 34.3 Å². The van der Waals surface area contributed by atoms with E-state index in [-0.39, 0.29) is 12.4 Å². The van der Waals surface area contributed by atoms with E-state index in [0.717, 1.165) is 33.1 Å². The Hall–Kier alpha value is -2.56. The largest absolute Gasteiger partial charge is 0.392 e. The molecule has 0 saturated carbocycles. The summed E-state index contributed by atoms with van der Waals surface area (Å²) in [5.74, 6) is 0.772. The third kappa shape index (κ3) is 11.6. The number of aromatic nitrogens is 1. The molecule has 214 valence electrons. The normalized spacial score (nSPS) is 13.1. The summed E-state index contributed by atoms with van der Waals surface area (Å²) in [5.41, 5.74) is 9.46. The second kappa shape index (κ2) is 17.9. The Morgan fingerprint density at radius 1 is 1.08 bits per heavy atom. The number of hydrogen-bond acceptors (Lipinski definition) is 4. The average Bonchev–Trinajstić information content (AvgIpc) is 3.26. The zero-order valence-electron chi connectivity index (χ0n) is 25.9. The monoisotopic (exact) mass is 549 g/mol. The summed E-state index contributed by atoms with van der Waals surface area (Å²) >= 11 is 1.70. The van der Waals surface area contributed by atoms with Crippen molar-refractivity contribution in [3.63, 3.8) is 0 Å². The SMILES string of the molecule is C=C(/C=C\c1cc(/C(C)=C(/C=C(\C)CO)C(CCC)CCCC)ccc1C)c1sc(C)nc1C.CCC(C)=O. The van der Waals surface area contributed by atoms with Crippen LogP contribution >= 0.6 is 11.3 Å². The lowest BCUT2D eigenvalue weighted by atomic mass is 9.83. The highest BCUT2D eigenvalue weighted by Gasteiger charge is 2.16. The third-order valence-electron chi connectivity index (χ3n) is 6.94.